The summed E-state index contributed by atoms with van der Waals surface area (Å²) in [4.78, 5) is 4.30. The summed E-state index contributed by atoms with van der Waals surface area (Å²) in [7, 11) is 2.14. The number of nitrogens with zero attached hydrogens (tertiary/aromatic N) is 2. The van der Waals surface area contributed by atoms with Crippen LogP contribution in [-0.4, -0.2) is 4.98 Å². The van der Waals surface area contributed by atoms with Crippen molar-refractivity contribution in [1.82, 2.24) is 4.98 Å². The highest BCUT2D eigenvalue weighted by molar-refractivity contribution is 5.64. The van der Waals surface area contributed by atoms with E-state index in [0.717, 1.165) is 0 Å². The van der Waals surface area contributed by atoms with Crippen molar-refractivity contribution < 1.29 is 4.57 Å². The third-order valence-corrected chi connectivity index (χ3v) is 3.94. The van der Waals surface area contributed by atoms with Gasteiger partial charge in [-0.05, 0) is 49.8 Å². The number of aryl methyl sites for hydroxylation is 3. The van der Waals surface area contributed by atoms with Crippen molar-refractivity contribution in [2.24, 2.45) is 7.05 Å². The van der Waals surface area contributed by atoms with Gasteiger partial charge in [-0.3, -0.25) is 4.98 Å². The molecule has 0 bridgehead atoms. The Balaban J connectivity index is 2.25. The second kappa shape index (κ2) is 4.52. The summed E-state index contributed by atoms with van der Waals surface area (Å²) in [5.41, 5.74) is 7.00. The fourth-order valence-corrected chi connectivity index (χ4v) is 2.94. The third-order valence-electron chi connectivity index (χ3n) is 3.94. The summed E-state index contributed by atoms with van der Waals surface area (Å²) in [5, 5.41) is 0. The summed E-state index contributed by atoms with van der Waals surface area (Å²) in [5.74, 6) is 0. The van der Waals surface area contributed by atoms with Gasteiger partial charge >= 0.3 is 0 Å². The molecular formula is C16H19N2+. The largest absolute Gasteiger partial charge is 0.264 e. The molecule has 0 aromatic carbocycles. The van der Waals surface area contributed by atoms with Crippen molar-refractivity contribution in [3.63, 3.8) is 0 Å². The molecule has 0 spiro atoms. The Morgan fingerprint density at radius 3 is 2.83 bits per heavy atom. The Bertz CT molecular complexity index is 588. The first kappa shape index (κ1) is 11.4. The number of pyridine rings is 2. The Labute approximate surface area is 108 Å². The molecule has 2 heterocycles. The van der Waals surface area contributed by atoms with Crippen LogP contribution < -0.4 is 4.57 Å². The van der Waals surface area contributed by atoms with Gasteiger partial charge in [0.25, 0.3) is 0 Å². The molecule has 2 nitrogen and oxygen atoms in total. The Hall–Kier alpha value is -1.70. The molecule has 0 unspecified atom stereocenters. The number of fused-ring (bicyclic) bond motifs is 1. The van der Waals surface area contributed by atoms with E-state index in [1.165, 1.54) is 53.6 Å². The monoisotopic (exact) mass is 239 g/mol. The van der Waals surface area contributed by atoms with Crippen LogP contribution in [0.25, 0.3) is 11.3 Å². The molecule has 0 N–H and O–H groups in total. The van der Waals surface area contributed by atoms with Crippen LogP contribution in [0, 0.1) is 6.92 Å². The maximum Gasteiger partial charge on any atom is 0.217 e. The lowest BCUT2D eigenvalue weighted by molar-refractivity contribution is -0.660. The fourth-order valence-electron chi connectivity index (χ4n) is 2.94. The van der Waals surface area contributed by atoms with Crippen LogP contribution in [0.15, 0.2) is 30.7 Å². The lowest BCUT2D eigenvalue weighted by atomic mass is 9.88. The molecule has 0 amide bonds. The van der Waals surface area contributed by atoms with E-state index in [1.807, 2.05) is 12.4 Å². The molecule has 2 heteroatoms. The topological polar surface area (TPSA) is 16.8 Å². The molecule has 2 aromatic rings. The highest BCUT2D eigenvalue weighted by atomic mass is 14.9. The van der Waals surface area contributed by atoms with Gasteiger partial charge in [0.2, 0.25) is 5.69 Å². The van der Waals surface area contributed by atoms with Crippen molar-refractivity contribution in [1.29, 1.82) is 0 Å². The zero-order chi connectivity index (χ0) is 12.5. The average molecular weight is 239 g/mol. The number of rotatable bonds is 1. The molecule has 92 valence electrons. The number of aromatic nitrogens is 2. The van der Waals surface area contributed by atoms with Gasteiger partial charge in [0.05, 0.1) is 5.56 Å². The minimum absolute atomic E-state index is 1.20. The second-order valence-corrected chi connectivity index (χ2v) is 5.18. The van der Waals surface area contributed by atoms with E-state index in [-0.39, 0.29) is 0 Å². The number of hydrogen-bond acceptors (Lipinski definition) is 1. The Morgan fingerprint density at radius 1 is 1.17 bits per heavy atom. The van der Waals surface area contributed by atoms with Crippen molar-refractivity contribution in [2.75, 3.05) is 0 Å². The molecule has 0 aliphatic heterocycles. The van der Waals surface area contributed by atoms with Crippen LogP contribution in [0.5, 0.6) is 0 Å². The second-order valence-electron chi connectivity index (χ2n) is 5.18. The predicted molar refractivity (Wildman–Crippen MR) is 72.2 cm³/mol. The van der Waals surface area contributed by atoms with E-state index in [4.69, 9.17) is 0 Å². The minimum Gasteiger partial charge on any atom is -0.264 e. The highest BCUT2D eigenvalue weighted by Crippen LogP contribution is 2.29. The Kier molecular flexibility index (Phi) is 2.86. The van der Waals surface area contributed by atoms with E-state index in [0.29, 0.717) is 0 Å². The first-order chi connectivity index (χ1) is 8.77. The van der Waals surface area contributed by atoms with Crippen LogP contribution in [0.3, 0.4) is 0 Å². The first-order valence-corrected chi connectivity index (χ1v) is 6.69. The lowest BCUT2D eigenvalue weighted by Crippen LogP contribution is -2.33. The third kappa shape index (κ3) is 1.82. The van der Waals surface area contributed by atoms with Crippen molar-refractivity contribution in [3.8, 4) is 11.3 Å². The van der Waals surface area contributed by atoms with Gasteiger partial charge in [0, 0.05) is 24.0 Å². The van der Waals surface area contributed by atoms with Gasteiger partial charge in [-0.2, -0.15) is 0 Å². The van der Waals surface area contributed by atoms with E-state index in [1.54, 1.807) is 0 Å². The van der Waals surface area contributed by atoms with Gasteiger partial charge in [0.15, 0.2) is 6.20 Å². The van der Waals surface area contributed by atoms with Crippen molar-refractivity contribution in [2.45, 2.75) is 32.6 Å². The van der Waals surface area contributed by atoms with E-state index >= 15 is 0 Å². The maximum absolute atomic E-state index is 4.30. The summed E-state index contributed by atoms with van der Waals surface area (Å²) < 4.78 is 2.24. The SMILES string of the molecule is Cc1ccncc1-c1c2c(cc[n+]1C)CCCC2. The van der Waals surface area contributed by atoms with Gasteiger partial charge in [-0.1, -0.05) is 0 Å². The number of hydrogen-bond donors (Lipinski definition) is 0. The molecule has 0 saturated heterocycles. The standard InChI is InChI=1S/C16H19N2/c1-12-7-9-17-11-15(12)16-14-6-4-3-5-13(14)8-10-18(16)2/h7-11H,3-6H2,1-2H3/q+1. The van der Waals surface area contributed by atoms with Crippen LogP contribution >= 0.6 is 0 Å². The lowest BCUT2D eigenvalue weighted by Gasteiger charge is -2.17. The molecule has 3 rings (SSSR count). The highest BCUT2D eigenvalue weighted by Gasteiger charge is 2.23. The summed E-state index contributed by atoms with van der Waals surface area (Å²) in [6.45, 7) is 2.17. The zero-order valence-corrected chi connectivity index (χ0v) is 11.1. The van der Waals surface area contributed by atoms with Crippen LogP contribution in [0.4, 0.5) is 0 Å². The molecular weight excluding hydrogens is 220 g/mol. The maximum atomic E-state index is 4.30. The van der Waals surface area contributed by atoms with E-state index in [2.05, 4.69) is 41.9 Å². The quantitative estimate of drug-likeness (QED) is 0.699. The smallest absolute Gasteiger partial charge is 0.217 e. The molecule has 0 radical (unpaired) electrons. The molecule has 0 saturated carbocycles. The molecule has 2 aromatic heterocycles. The van der Waals surface area contributed by atoms with Crippen molar-refractivity contribution in [3.05, 3.63) is 47.4 Å². The fraction of sp³-hybridized carbons (Fsp3) is 0.375. The average Bonchev–Trinajstić information content (AvgIpc) is 2.40. The zero-order valence-electron chi connectivity index (χ0n) is 11.1. The summed E-state index contributed by atoms with van der Waals surface area (Å²) >= 11 is 0. The Morgan fingerprint density at radius 2 is 2.00 bits per heavy atom. The normalized spacial score (nSPS) is 14.3. The van der Waals surface area contributed by atoms with Gasteiger partial charge < -0.3 is 0 Å². The van der Waals surface area contributed by atoms with Crippen molar-refractivity contribution >= 4 is 0 Å². The summed E-state index contributed by atoms with van der Waals surface area (Å²) in [6.07, 6.45) is 11.1. The molecule has 1 aliphatic carbocycles. The van der Waals surface area contributed by atoms with Crippen LogP contribution in [-0.2, 0) is 19.9 Å². The first-order valence-electron chi connectivity index (χ1n) is 6.69. The molecule has 0 fully saturated rings. The summed E-state index contributed by atoms with van der Waals surface area (Å²) in [6, 6.07) is 4.38. The van der Waals surface area contributed by atoms with Gasteiger partial charge in [-0.25, -0.2) is 4.57 Å². The van der Waals surface area contributed by atoms with Crippen LogP contribution in [0.1, 0.15) is 29.5 Å². The van der Waals surface area contributed by atoms with Gasteiger partial charge in [0.1, 0.15) is 7.05 Å². The molecule has 0 atom stereocenters. The van der Waals surface area contributed by atoms with E-state index in [9.17, 15) is 0 Å². The minimum atomic E-state index is 1.20. The molecule has 18 heavy (non-hydrogen) atoms. The van der Waals surface area contributed by atoms with E-state index < -0.39 is 0 Å². The van der Waals surface area contributed by atoms with Crippen LogP contribution in [0.2, 0.25) is 0 Å². The predicted octanol–water partition coefficient (Wildman–Crippen LogP) is 2.76. The van der Waals surface area contributed by atoms with Gasteiger partial charge in [-0.15, -0.1) is 0 Å². The molecule has 1 aliphatic rings.